The van der Waals surface area contributed by atoms with Crippen molar-refractivity contribution in [2.45, 2.75) is 133 Å². The average Bonchev–Trinajstić information content (AvgIpc) is 3.57. The standard InChI is InChI=1S/C23H36O.C3H8.2C2H6/c1-14-4-7-18-21-19(9-11-22(14,18)2)23(3)10-8-16(15-5-6-15)12-17(23)13-20(21)24;1-3-2;2*1-2/h12,14-15,17-21,24H,4-11,13H2,1-3H3;3H2,1-2H3;2*1-2H3. The Balaban J connectivity index is 0.000000442. The Labute approximate surface area is 195 Å². The fourth-order valence-corrected chi connectivity index (χ4v) is 7.90. The van der Waals surface area contributed by atoms with E-state index in [1.807, 2.05) is 27.7 Å². The molecule has 0 bridgehead atoms. The van der Waals surface area contributed by atoms with Crippen LogP contribution in [0.25, 0.3) is 0 Å². The minimum absolute atomic E-state index is 0.0437. The van der Waals surface area contributed by atoms with Crippen molar-refractivity contribution >= 4 is 0 Å². The molecule has 0 heterocycles. The largest absolute Gasteiger partial charge is 0.393 e. The molecule has 0 aliphatic heterocycles. The van der Waals surface area contributed by atoms with E-state index in [1.165, 1.54) is 57.8 Å². The fraction of sp³-hybridized carbons (Fsp3) is 0.933. The molecule has 31 heavy (non-hydrogen) atoms. The Morgan fingerprint density at radius 3 is 2.03 bits per heavy atom. The second-order valence-corrected chi connectivity index (χ2v) is 11.5. The fourth-order valence-electron chi connectivity index (χ4n) is 7.90. The van der Waals surface area contributed by atoms with E-state index in [4.69, 9.17) is 0 Å². The van der Waals surface area contributed by atoms with Gasteiger partial charge in [-0.2, -0.15) is 0 Å². The van der Waals surface area contributed by atoms with Gasteiger partial charge in [0.2, 0.25) is 0 Å². The van der Waals surface area contributed by atoms with Gasteiger partial charge in [-0.05, 0) is 104 Å². The Bertz CT molecular complexity index is 575. The highest BCUT2D eigenvalue weighted by atomic mass is 16.3. The molecule has 0 saturated heterocycles. The SMILES string of the molecule is CC.CC.CC1CCC2C3C(O)CC4C=C(C5CC5)CCC4(C)C3CCC12C.CCC. The summed E-state index contributed by atoms with van der Waals surface area (Å²) in [7, 11) is 0. The third kappa shape index (κ3) is 4.97. The second kappa shape index (κ2) is 11.2. The van der Waals surface area contributed by atoms with E-state index in [-0.39, 0.29) is 6.10 Å². The Hall–Kier alpha value is -0.300. The number of aliphatic hydroxyl groups excluding tert-OH is 1. The highest BCUT2D eigenvalue weighted by Crippen LogP contribution is 2.67. The van der Waals surface area contributed by atoms with Crippen LogP contribution in [0.2, 0.25) is 0 Å². The predicted molar refractivity (Wildman–Crippen MR) is 137 cm³/mol. The van der Waals surface area contributed by atoms with Crippen molar-refractivity contribution in [3.05, 3.63) is 11.6 Å². The van der Waals surface area contributed by atoms with Gasteiger partial charge < -0.3 is 5.11 Å². The van der Waals surface area contributed by atoms with Crippen LogP contribution in [0, 0.1) is 46.3 Å². The first-order valence-corrected chi connectivity index (χ1v) is 14.2. The van der Waals surface area contributed by atoms with Crippen molar-refractivity contribution in [1.82, 2.24) is 0 Å². The molecule has 0 aromatic carbocycles. The Morgan fingerprint density at radius 1 is 0.871 bits per heavy atom. The zero-order valence-corrected chi connectivity index (χ0v) is 22.6. The minimum Gasteiger partial charge on any atom is -0.393 e. The number of fused-ring (bicyclic) bond motifs is 5. The molecule has 0 spiro atoms. The lowest BCUT2D eigenvalue weighted by molar-refractivity contribution is -0.146. The smallest absolute Gasteiger partial charge is 0.0579 e. The summed E-state index contributed by atoms with van der Waals surface area (Å²) in [5.41, 5.74) is 2.74. The van der Waals surface area contributed by atoms with Crippen molar-refractivity contribution < 1.29 is 5.11 Å². The predicted octanol–water partition coefficient (Wildman–Crippen LogP) is 9.05. The number of hydrogen-bond acceptors (Lipinski definition) is 1. The summed E-state index contributed by atoms with van der Waals surface area (Å²) in [6.07, 6.45) is 16.1. The van der Waals surface area contributed by atoms with E-state index < -0.39 is 0 Å². The van der Waals surface area contributed by atoms with E-state index in [9.17, 15) is 5.11 Å². The molecule has 182 valence electrons. The van der Waals surface area contributed by atoms with Crippen LogP contribution in [0.4, 0.5) is 0 Å². The molecule has 5 rings (SSSR count). The number of hydrogen-bond donors (Lipinski definition) is 1. The quantitative estimate of drug-likeness (QED) is 0.410. The van der Waals surface area contributed by atoms with Gasteiger partial charge in [0, 0.05) is 0 Å². The van der Waals surface area contributed by atoms with Crippen LogP contribution in [0.15, 0.2) is 11.6 Å². The van der Waals surface area contributed by atoms with E-state index in [2.05, 4.69) is 40.7 Å². The Kier molecular flexibility index (Phi) is 9.75. The van der Waals surface area contributed by atoms with Crippen LogP contribution >= 0.6 is 0 Å². The van der Waals surface area contributed by atoms with Crippen LogP contribution in [-0.2, 0) is 0 Å². The maximum Gasteiger partial charge on any atom is 0.0579 e. The van der Waals surface area contributed by atoms with Gasteiger partial charge in [0.25, 0.3) is 0 Å². The third-order valence-corrected chi connectivity index (χ3v) is 9.91. The zero-order valence-electron chi connectivity index (χ0n) is 22.6. The van der Waals surface area contributed by atoms with Crippen molar-refractivity contribution in [3.8, 4) is 0 Å². The van der Waals surface area contributed by atoms with Gasteiger partial charge in [-0.1, -0.05) is 80.4 Å². The second-order valence-electron chi connectivity index (χ2n) is 11.5. The molecule has 0 radical (unpaired) electrons. The van der Waals surface area contributed by atoms with Crippen molar-refractivity contribution in [2.75, 3.05) is 0 Å². The highest BCUT2D eigenvalue weighted by Gasteiger charge is 2.61. The summed E-state index contributed by atoms with van der Waals surface area (Å²) in [4.78, 5) is 0. The van der Waals surface area contributed by atoms with Gasteiger partial charge in [0.15, 0.2) is 0 Å². The minimum atomic E-state index is -0.0437. The van der Waals surface area contributed by atoms with Crippen molar-refractivity contribution in [2.24, 2.45) is 46.3 Å². The highest BCUT2D eigenvalue weighted by molar-refractivity contribution is 5.23. The third-order valence-electron chi connectivity index (χ3n) is 9.91. The van der Waals surface area contributed by atoms with Crippen LogP contribution in [0.1, 0.15) is 127 Å². The topological polar surface area (TPSA) is 20.2 Å². The first-order valence-electron chi connectivity index (χ1n) is 14.2. The maximum absolute atomic E-state index is 11.2. The van der Waals surface area contributed by atoms with Crippen LogP contribution < -0.4 is 0 Å². The monoisotopic (exact) mass is 432 g/mol. The summed E-state index contributed by atoms with van der Waals surface area (Å²) < 4.78 is 0. The molecule has 4 fully saturated rings. The lowest BCUT2D eigenvalue weighted by Gasteiger charge is -2.61. The molecule has 5 aliphatic carbocycles. The van der Waals surface area contributed by atoms with E-state index in [1.54, 1.807) is 5.57 Å². The molecule has 1 N–H and O–H groups in total. The lowest BCUT2D eigenvalue weighted by Crippen LogP contribution is -2.57. The van der Waals surface area contributed by atoms with Gasteiger partial charge in [-0.25, -0.2) is 0 Å². The van der Waals surface area contributed by atoms with Gasteiger partial charge in [0.1, 0.15) is 0 Å². The number of aliphatic hydroxyl groups is 1. The van der Waals surface area contributed by atoms with Crippen LogP contribution in [0.3, 0.4) is 0 Å². The summed E-state index contributed by atoms with van der Waals surface area (Å²) in [5.74, 6) is 4.58. The molecule has 4 saturated carbocycles. The summed E-state index contributed by atoms with van der Waals surface area (Å²) >= 11 is 0. The normalized spacial score (nSPS) is 45.0. The van der Waals surface area contributed by atoms with E-state index in [0.29, 0.717) is 22.7 Å². The van der Waals surface area contributed by atoms with E-state index >= 15 is 0 Å². The summed E-state index contributed by atoms with van der Waals surface area (Å²) in [6, 6.07) is 0. The molecule has 8 atom stereocenters. The van der Waals surface area contributed by atoms with Crippen LogP contribution in [0.5, 0.6) is 0 Å². The van der Waals surface area contributed by atoms with Gasteiger partial charge in [0.05, 0.1) is 6.10 Å². The number of rotatable bonds is 1. The molecular formula is C30H56O. The molecule has 8 unspecified atom stereocenters. The lowest BCUT2D eigenvalue weighted by atomic mass is 9.44. The van der Waals surface area contributed by atoms with Crippen molar-refractivity contribution in [3.63, 3.8) is 0 Å². The van der Waals surface area contributed by atoms with Gasteiger partial charge in [-0.3, -0.25) is 0 Å². The molecule has 0 aromatic heterocycles. The first kappa shape index (κ1) is 26.9. The summed E-state index contributed by atoms with van der Waals surface area (Å²) in [5, 5.41) is 11.2. The molecule has 0 aromatic rings. The molecular weight excluding hydrogens is 376 g/mol. The number of allylic oxidation sites excluding steroid dienone is 2. The molecule has 1 heteroatoms. The molecule has 1 nitrogen and oxygen atoms in total. The zero-order chi connectivity index (χ0) is 23.4. The van der Waals surface area contributed by atoms with Gasteiger partial charge >= 0.3 is 0 Å². The van der Waals surface area contributed by atoms with Crippen LogP contribution in [-0.4, -0.2) is 11.2 Å². The summed E-state index contributed by atoms with van der Waals surface area (Å²) in [6.45, 7) is 19.9. The van der Waals surface area contributed by atoms with E-state index in [0.717, 1.165) is 30.1 Å². The molecule has 5 aliphatic rings. The molecule has 0 amide bonds. The maximum atomic E-state index is 11.2. The first-order chi connectivity index (χ1) is 14.8. The van der Waals surface area contributed by atoms with Crippen molar-refractivity contribution in [1.29, 1.82) is 0 Å². The Morgan fingerprint density at radius 2 is 1.45 bits per heavy atom. The van der Waals surface area contributed by atoms with Gasteiger partial charge in [-0.15, -0.1) is 0 Å². The average molecular weight is 433 g/mol.